The quantitative estimate of drug-likeness (QED) is 0.555. The lowest BCUT2D eigenvalue weighted by Crippen LogP contribution is -2.32. The molecule has 1 amide bonds. The summed E-state index contributed by atoms with van der Waals surface area (Å²) in [5, 5.41) is 9.65. The number of carbonyl (C=O) groups excluding carboxylic acids is 1. The van der Waals surface area contributed by atoms with Crippen LogP contribution in [0.3, 0.4) is 0 Å². The van der Waals surface area contributed by atoms with Gasteiger partial charge in [0.15, 0.2) is 0 Å². The first-order valence-corrected chi connectivity index (χ1v) is 8.99. The van der Waals surface area contributed by atoms with E-state index in [1.54, 1.807) is 12.3 Å². The standard InChI is InChI=1S/C21H20N4O2/c26-20(10-9-16-13-23-19-8-4-3-6-17(16)19)22-11-12-25-21(27)18-7-2-1-5-15(18)14-24-25/h1-8,13-14,23H,9-12H2,(H,22,26). The van der Waals surface area contributed by atoms with Crippen LogP contribution in [0.2, 0.25) is 0 Å². The third-order valence-electron chi connectivity index (χ3n) is 4.70. The molecule has 2 N–H and O–H groups in total. The molecule has 4 aromatic rings. The molecule has 0 saturated heterocycles. The Balaban J connectivity index is 1.32. The van der Waals surface area contributed by atoms with E-state index in [1.807, 2.05) is 42.6 Å². The van der Waals surface area contributed by atoms with Gasteiger partial charge in [0.05, 0.1) is 18.1 Å². The van der Waals surface area contributed by atoms with Gasteiger partial charge in [-0.1, -0.05) is 36.4 Å². The van der Waals surface area contributed by atoms with Gasteiger partial charge >= 0.3 is 0 Å². The highest BCUT2D eigenvalue weighted by molar-refractivity contribution is 5.84. The summed E-state index contributed by atoms with van der Waals surface area (Å²) in [6.45, 7) is 0.723. The fraction of sp³-hybridized carbons (Fsp3) is 0.190. The van der Waals surface area contributed by atoms with Crippen molar-refractivity contribution in [2.24, 2.45) is 0 Å². The Hall–Kier alpha value is -3.41. The van der Waals surface area contributed by atoms with Gasteiger partial charge in [0.25, 0.3) is 5.56 Å². The number of aryl methyl sites for hydroxylation is 1. The molecule has 0 spiro atoms. The number of H-pyrrole nitrogens is 1. The lowest BCUT2D eigenvalue weighted by molar-refractivity contribution is -0.121. The van der Waals surface area contributed by atoms with Crippen molar-refractivity contribution in [1.82, 2.24) is 20.1 Å². The fourth-order valence-electron chi connectivity index (χ4n) is 3.26. The van der Waals surface area contributed by atoms with Crippen molar-refractivity contribution in [3.8, 4) is 0 Å². The molecule has 27 heavy (non-hydrogen) atoms. The van der Waals surface area contributed by atoms with Crippen molar-refractivity contribution < 1.29 is 4.79 Å². The molecular formula is C21H20N4O2. The van der Waals surface area contributed by atoms with Gasteiger partial charge in [0.2, 0.25) is 5.91 Å². The van der Waals surface area contributed by atoms with Crippen molar-refractivity contribution in [2.75, 3.05) is 6.54 Å². The fourth-order valence-corrected chi connectivity index (χ4v) is 3.26. The van der Waals surface area contributed by atoms with E-state index in [2.05, 4.69) is 21.5 Å². The highest BCUT2D eigenvalue weighted by Gasteiger charge is 2.07. The first-order chi connectivity index (χ1) is 13.2. The van der Waals surface area contributed by atoms with Crippen LogP contribution in [0, 0.1) is 0 Å². The zero-order valence-electron chi connectivity index (χ0n) is 14.8. The molecule has 2 heterocycles. The number of aromatic amines is 1. The maximum Gasteiger partial charge on any atom is 0.274 e. The summed E-state index contributed by atoms with van der Waals surface area (Å²) in [6, 6.07) is 15.4. The number of benzene rings is 2. The molecule has 0 atom stereocenters. The minimum atomic E-state index is -0.138. The summed E-state index contributed by atoms with van der Waals surface area (Å²) in [7, 11) is 0. The van der Waals surface area contributed by atoms with E-state index in [9.17, 15) is 9.59 Å². The molecule has 0 unspecified atom stereocenters. The van der Waals surface area contributed by atoms with Gasteiger partial charge in [-0.25, -0.2) is 4.68 Å². The van der Waals surface area contributed by atoms with E-state index >= 15 is 0 Å². The van der Waals surface area contributed by atoms with E-state index in [0.717, 1.165) is 21.9 Å². The van der Waals surface area contributed by atoms with Crippen LogP contribution in [0.4, 0.5) is 0 Å². The number of hydrogen-bond donors (Lipinski definition) is 2. The molecule has 2 aromatic heterocycles. The van der Waals surface area contributed by atoms with E-state index in [-0.39, 0.29) is 11.5 Å². The largest absolute Gasteiger partial charge is 0.361 e. The zero-order chi connectivity index (χ0) is 18.6. The molecule has 2 aromatic carbocycles. The number of amides is 1. The van der Waals surface area contributed by atoms with Crippen molar-refractivity contribution in [2.45, 2.75) is 19.4 Å². The number of nitrogens with one attached hydrogen (secondary N) is 2. The summed E-state index contributed by atoms with van der Waals surface area (Å²) in [5.41, 5.74) is 2.07. The van der Waals surface area contributed by atoms with E-state index in [4.69, 9.17) is 0 Å². The summed E-state index contributed by atoms with van der Waals surface area (Å²) in [4.78, 5) is 27.7. The summed E-state index contributed by atoms with van der Waals surface area (Å²) in [5.74, 6) is -0.0332. The van der Waals surface area contributed by atoms with E-state index in [1.165, 1.54) is 4.68 Å². The van der Waals surface area contributed by atoms with Crippen molar-refractivity contribution in [1.29, 1.82) is 0 Å². The molecule has 4 rings (SSSR count). The van der Waals surface area contributed by atoms with Gasteiger partial charge in [-0.05, 0) is 24.1 Å². The highest BCUT2D eigenvalue weighted by Crippen LogP contribution is 2.18. The SMILES string of the molecule is O=C(CCc1c[nH]c2ccccc12)NCCn1ncc2ccccc2c1=O. The molecule has 0 aliphatic rings. The van der Waals surface area contributed by atoms with Crippen LogP contribution in [0.5, 0.6) is 0 Å². The van der Waals surface area contributed by atoms with Crippen LogP contribution in [0.25, 0.3) is 21.7 Å². The zero-order valence-corrected chi connectivity index (χ0v) is 14.8. The second-order valence-electron chi connectivity index (χ2n) is 6.47. The molecule has 136 valence electrons. The molecule has 6 heteroatoms. The molecule has 0 aliphatic heterocycles. The Morgan fingerprint density at radius 1 is 1.07 bits per heavy atom. The van der Waals surface area contributed by atoms with Gasteiger partial charge < -0.3 is 10.3 Å². The molecule has 6 nitrogen and oxygen atoms in total. The van der Waals surface area contributed by atoms with E-state index < -0.39 is 0 Å². The number of carbonyl (C=O) groups is 1. The maximum absolute atomic E-state index is 12.4. The average molecular weight is 360 g/mol. The first-order valence-electron chi connectivity index (χ1n) is 8.99. The lowest BCUT2D eigenvalue weighted by Gasteiger charge is -2.07. The minimum absolute atomic E-state index is 0.0332. The van der Waals surface area contributed by atoms with Crippen molar-refractivity contribution in [3.63, 3.8) is 0 Å². The normalized spacial score (nSPS) is 11.1. The number of para-hydroxylation sites is 1. The maximum atomic E-state index is 12.4. The number of rotatable bonds is 6. The van der Waals surface area contributed by atoms with Crippen LogP contribution < -0.4 is 10.9 Å². The van der Waals surface area contributed by atoms with Gasteiger partial charge in [0, 0.05) is 35.5 Å². The Kier molecular flexibility index (Phi) is 4.70. The second-order valence-corrected chi connectivity index (χ2v) is 6.47. The van der Waals surface area contributed by atoms with Crippen molar-refractivity contribution >= 4 is 27.6 Å². The van der Waals surface area contributed by atoms with Crippen molar-refractivity contribution in [3.05, 3.63) is 76.8 Å². The number of nitrogens with zero attached hydrogens (tertiary/aromatic N) is 2. The lowest BCUT2D eigenvalue weighted by atomic mass is 10.1. The van der Waals surface area contributed by atoms with Gasteiger partial charge in [-0.2, -0.15) is 5.10 Å². The molecular weight excluding hydrogens is 340 g/mol. The highest BCUT2D eigenvalue weighted by atomic mass is 16.1. The summed E-state index contributed by atoms with van der Waals surface area (Å²) < 4.78 is 1.39. The Labute approximate surface area is 155 Å². The Morgan fingerprint density at radius 3 is 2.74 bits per heavy atom. The van der Waals surface area contributed by atoms with Crippen LogP contribution in [-0.2, 0) is 17.8 Å². The third-order valence-corrected chi connectivity index (χ3v) is 4.70. The Morgan fingerprint density at radius 2 is 1.85 bits per heavy atom. The molecule has 0 saturated carbocycles. The third kappa shape index (κ3) is 3.60. The van der Waals surface area contributed by atoms with Gasteiger partial charge in [-0.15, -0.1) is 0 Å². The van der Waals surface area contributed by atoms with Gasteiger partial charge in [0.1, 0.15) is 0 Å². The summed E-state index contributed by atoms with van der Waals surface area (Å²) in [6.07, 6.45) is 4.71. The summed E-state index contributed by atoms with van der Waals surface area (Å²) >= 11 is 0. The minimum Gasteiger partial charge on any atom is -0.361 e. The van der Waals surface area contributed by atoms with Crippen LogP contribution >= 0.6 is 0 Å². The topological polar surface area (TPSA) is 79.8 Å². The molecule has 0 fully saturated rings. The smallest absolute Gasteiger partial charge is 0.274 e. The predicted molar refractivity (Wildman–Crippen MR) is 106 cm³/mol. The molecule has 0 bridgehead atoms. The number of aromatic nitrogens is 3. The number of hydrogen-bond acceptors (Lipinski definition) is 3. The van der Waals surface area contributed by atoms with Crippen LogP contribution in [0.1, 0.15) is 12.0 Å². The van der Waals surface area contributed by atoms with E-state index in [0.29, 0.717) is 31.3 Å². The molecule has 0 radical (unpaired) electrons. The predicted octanol–water partition coefficient (Wildman–Crippen LogP) is 2.63. The Bertz CT molecular complexity index is 1160. The van der Waals surface area contributed by atoms with Crippen LogP contribution in [0.15, 0.2) is 65.7 Å². The van der Waals surface area contributed by atoms with Crippen LogP contribution in [-0.4, -0.2) is 27.2 Å². The first kappa shape index (κ1) is 17.0. The second kappa shape index (κ2) is 7.45. The van der Waals surface area contributed by atoms with Gasteiger partial charge in [-0.3, -0.25) is 9.59 Å². The number of fused-ring (bicyclic) bond motifs is 2. The molecule has 0 aliphatic carbocycles. The monoisotopic (exact) mass is 360 g/mol. The average Bonchev–Trinajstić information content (AvgIpc) is 3.11.